The van der Waals surface area contributed by atoms with E-state index in [9.17, 15) is 0 Å². The maximum atomic E-state index is 3.48. The molecule has 1 saturated carbocycles. The molecule has 13 heavy (non-hydrogen) atoms. The molecule has 0 radical (unpaired) electrons. The highest BCUT2D eigenvalue weighted by Gasteiger charge is 2.56. The maximum Gasteiger partial charge on any atom is 0.00144 e. The van der Waals surface area contributed by atoms with Gasteiger partial charge in [-0.3, -0.25) is 0 Å². The van der Waals surface area contributed by atoms with Crippen molar-refractivity contribution >= 4 is 0 Å². The molecule has 1 saturated heterocycles. The van der Waals surface area contributed by atoms with Gasteiger partial charge in [0.15, 0.2) is 0 Å². The van der Waals surface area contributed by atoms with Crippen LogP contribution in [0.4, 0.5) is 0 Å². The van der Waals surface area contributed by atoms with Crippen LogP contribution in [0.3, 0.4) is 0 Å². The van der Waals surface area contributed by atoms with Crippen LogP contribution in [0.25, 0.3) is 0 Å². The van der Waals surface area contributed by atoms with Gasteiger partial charge in [0, 0.05) is 6.54 Å². The molecule has 3 rings (SSSR count). The summed E-state index contributed by atoms with van der Waals surface area (Å²) in [7, 11) is 0. The van der Waals surface area contributed by atoms with Gasteiger partial charge >= 0.3 is 0 Å². The summed E-state index contributed by atoms with van der Waals surface area (Å²) in [6, 6.07) is 10.9. The van der Waals surface area contributed by atoms with E-state index in [4.69, 9.17) is 0 Å². The van der Waals surface area contributed by atoms with E-state index in [1.165, 1.54) is 31.5 Å². The minimum atomic E-state index is 0.654. The molecule has 2 unspecified atom stereocenters. The van der Waals surface area contributed by atoms with Gasteiger partial charge in [0.2, 0.25) is 0 Å². The van der Waals surface area contributed by atoms with Gasteiger partial charge < -0.3 is 5.32 Å². The van der Waals surface area contributed by atoms with Gasteiger partial charge in [-0.25, -0.2) is 0 Å². The van der Waals surface area contributed by atoms with E-state index in [0.29, 0.717) is 5.41 Å². The number of fused-ring (bicyclic) bond motifs is 1. The van der Waals surface area contributed by atoms with Crippen LogP contribution in [0.2, 0.25) is 0 Å². The predicted molar refractivity (Wildman–Crippen MR) is 53.6 cm³/mol. The van der Waals surface area contributed by atoms with Gasteiger partial charge in [0.25, 0.3) is 0 Å². The molecule has 1 aliphatic heterocycles. The Kier molecular flexibility index (Phi) is 1.50. The first-order valence-electron chi connectivity index (χ1n) is 5.14. The van der Waals surface area contributed by atoms with E-state index in [1.807, 2.05) is 0 Å². The Morgan fingerprint density at radius 3 is 2.77 bits per heavy atom. The Balaban J connectivity index is 1.77. The average Bonchev–Trinajstić information content (AvgIpc) is 2.69. The van der Waals surface area contributed by atoms with E-state index in [2.05, 4.69) is 35.6 Å². The topological polar surface area (TPSA) is 12.0 Å². The third kappa shape index (κ3) is 1.19. The fourth-order valence-corrected chi connectivity index (χ4v) is 2.71. The van der Waals surface area contributed by atoms with Gasteiger partial charge in [-0.15, -0.1) is 0 Å². The molecule has 2 aliphatic rings. The van der Waals surface area contributed by atoms with Crippen LogP contribution in [0.1, 0.15) is 12.0 Å². The van der Waals surface area contributed by atoms with Crippen molar-refractivity contribution in [2.24, 2.45) is 11.3 Å². The normalized spacial score (nSPS) is 35.8. The fourth-order valence-electron chi connectivity index (χ4n) is 2.71. The molecule has 2 atom stereocenters. The molecule has 1 aliphatic carbocycles. The molecule has 0 aromatic heterocycles. The summed E-state index contributed by atoms with van der Waals surface area (Å²) < 4.78 is 0. The smallest absolute Gasteiger partial charge is 0.00144 e. The van der Waals surface area contributed by atoms with Crippen molar-refractivity contribution in [2.45, 2.75) is 12.8 Å². The van der Waals surface area contributed by atoms with Gasteiger partial charge in [0.1, 0.15) is 0 Å². The Labute approximate surface area is 79.2 Å². The standard InChI is InChI=1S/C12H15N/c1-2-4-10(5-3-1)6-12-7-11(12)8-13-9-12/h1-5,11,13H,6-9H2. The number of benzene rings is 1. The number of nitrogens with one attached hydrogen (secondary N) is 1. The number of piperidine rings is 1. The zero-order valence-corrected chi connectivity index (χ0v) is 7.79. The quantitative estimate of drug-likeness (QED) is 0.719. The monoisotopic (exact) mass is 173 g/mol. The van der Waals surface area contributed by atoms with Gasteiger partial charge in [-0.1, -0.05) is 30.3 Å². The molecule has 1 heteroatoms. The maximum absolute atomic E-state index is 3.48. The second-order valence-corrected chi connectivity index (χ2v) is 4.56. The van der Waals surface area contributed by atoms with Gasteiger partial charge in [-0.2, -0.15) is 0 Å². The van der Waals surface area contributed by atoms with Crippen molar-refractivity contribution in [3.8, 4) is 0 Å². The van der Waals surface area contributed by atoms with E-state index in [1.54, 1.807) is 0 Å². The molecule has 1 nitrogen and oxygen atoms in total. The van der Waals surface area contributed by atoms with Crippen LogP contribution in [-0.4, -0.2) is 13.1 Å². The molecule has 1 aromatic rings. The number of rotatable bonds is 2. The molecule has 0 bridgehead atoms. The first kappa shape index (κ1) is 7.57. The Morgan fingerprint density at radius 2 is 2.15 bits per heavy atom. The van der Waals surface area contributed by atoms with Crippen LogP contribution in [-0.2, 0) is 6.42 Å². The van der Waals surface area contributed by atoms with E-state index >= 15 is 0 Å². The lowest BCUT2D eigenvalue weighted by Crippen LogP contribution is -2.17. The molecule has 1 N–H and O–H groups in total. The summed E-state index contributed by atoms with van der Waals surface area (Å²) >= 11 is 0. The third-order valence-corrected chi connectivity index (χ3v) is 3.63. The van der Waals surface area contributed by atoms with Crippen molar-refractivity contribution in [1.29, 1.82) is 0 Å². The van der Waals surface area contributed by atoms with Gasteiger partial charge in [-0.05, 0) is 36.3 Å². The highest BCUT2D eigenvalue weighted by Crippen LogP contribution is 2.56. The lowest BCUT2D eigenvalue weighted by Gasteiger charge is -2.10. The van der Waals surface area contributed by atoms with Crippen molar-refractivity contribution in [1.82, 2.24) is 5.32 Å². The summed E-state index contributed by atoms with van der Waals surface area (Å²) in [5, 5.41) is 3.48. The summed E-state index contributed by atoms with van der Waals surface area (Å²) in [6.45, 7) is 2.50. The Hall–Kier alpha value is -0.820. The second kappa shape index (κ2) is 2.58. The Morgan fingerprint density at radius 1 is 1.31 bits per heavy atom. The number of hydrogen-bond acceptors (Lipinski definition) is 1. The summed E-state index contributed by atoms with van der Waals surface area (Å²) in [6.07, 6.45) is 2.74. The molecule has 0 amide bonds. The van der Waals surface area contributed by atoms with Gasteiger partial charge in [0.05, 0.1) is 0 Å². The zero-order valence-electron chi connectivity index (χ0n) is 7.79. The van der Waals surface area contributed by atoms with Crippen molar-refractivity contribution in [2.75, 3.05) is 13.1 Å². The van der Waals surface area contributed by atoms with E-state index < -0.39 is 0 Å². The first-order valence-corrected chi connectivity index (χ1v) is 5.14. The van der Waals surface area contributed by atoms with Crippen molar-refractivity contribution < 1.29 is 0 Å². The lowest BCUT2D eigenvalue weighted by molar-refractivity contribution is 0.512. The van der Waals surface area contributed by atoms with Crippen LogP contribution >= 0.6 is 0 Å². The molecule has 1 aromatic carbocycles. The SMILES string of the molecule is c1ccc(CC23CNCC2C3)cc1. The molecule has 0 spiro atoms. The largest absolute Gasteiger partial charge is 0.316 e. The van der Waals surface area contributed by atoms with E-state index in [-0.39, 0.29) is 0 Å². The van der Waals surface area contributed by atoms with Crippen LogP contribution in [0.15, 0.2) is 30.3 Å². The summed E-state index contributed by atoms with van der Waals surface area (Å²) in [5.74, 6) is 0.979. The van der Waals surface area contributed by atoms with Crippen molar-refractivity contribution in [3.05, 3.63) is 35.9 Å². The zero-order chi connectivity index (χ0) is 8.73. The molecule has 2 fully saturated rings. The molecule has 68 valence electrons. The third-order valence-electron chi connectivity index (χ3n) is 3.63. The minimum Gasteiger partial charge on any atom is -0.316 e. The number of hydrogen-bond donors (Lipinski definition) is 1. The minimum absolute atomic E-state index is 0.654. The lowest BCUT2D eigenvalue weighted by atomic mass is 9.96. The summed E-state index contributed by atoms with van der Waals surface area (Å²) in [4.78, 5) is 0. The van der Waals surface area contributed by atoms with Crippen molar-refractivity contribution in [3.63, 3.8) is 0 Å². The first-order chi connectivity index (χ1) is 6.39. The predicted octanol–water partition coefficient (Wildman–Crippen LogP) is 1.84. The average molecular weight is 173 g/mol. The Bertz CT molecular complexity index is 306. The highest BCUT2D eigenvalue weighted by molar-refractivity contribution is 5.22. The molecular weight excluding hydrogens is 158 g/mol. The van der Waals surface area contributed by atoms with Crippen LogP contribution < -0.4 is 5.32 Å². The molecule has 1 heterocycles. The van der Waals surface area contributed by atoms with Crippen LogP contribution in [0.5, 0.6) is 0 Å². The molecular formula is C12H15N. The summed E-state index contributed by atoms with van der Waals surface area (Å²) in [5.41, 5.74) is 2.16. The highest BCUT2D eigenvalue weighted by atomic mass is 15.0. The van der Waals surface area contributed by atoms with E-state index in [0.717, 1.165) is 5.92 Å². The van der Waals surface area contributed by atoms with Crippen LogP contribution in [0, 0.1) is 11.3 Å². The fraction of sp³-hybridized carbons (Fsp3) is 0.500. The second-order valence-electron chi connectivity index (χ2n) is 4.56.